The quantitative estimate of drug-likeness (QED) is 0.796. The molecule has 0 aliphatic rings. The van der Waals surface area contributed by atoms with Gasteiger partial charge in [0.2, 0.25) is 0 Å². The third-order valence-electron chi connectivity index (χ3n) is 2.91. The van der Waals surface area contributed by atoms with Gasteiger partial charge in [-0.05, 0) is 19.1 Å². The molecule has 6 heteroatoms. The minimum atomic E-state index is -0.991. The van der Waals surface area contributed by atoms with Gasteiger partial charge in [-0.2, -0.15) is 0 Å². The first kappa shape index (κ1) is 11.9. The number of aryl methyl sites for hydroxylation is 1. The average molecular weight is 273 g/mol. The van der Waals surface area contributed by atoms with Crippen LogP contribution < -0.4 is 0 Å². The Morgan fingerprint density at radius 1 is 1.37 bits per heavy atom. The molecule has 1 aromatic carbocycles. The number of hydrogen-bond donors (Lipinski definition) is 1. The summed E-state index contributed by atoms with van der Waals surface area (Å²) in [7, 11) is 0. The van der Waals surface area contributed by atoms with Crippen molar-refractivity contribution in [2.24, 2.45) is 0 Å². The van der Waals surface area contributed by atoms with Crippen molar-refractivity contribution in [2.75, 3.05) is 0 Å². The molecule has 3 aromatic rings. The number of carboxylic acid groups (broad SMARTS) is 1. The molecule has 0 unspecified atom stereocenters. The van der Waals surface area contributed by atoms with Gasteiger partial charge in [-0.1, -0.05) is 12.1 Å². The van der Waals surface area contributed by atoms with Crippen molar-refractivity contribution in [3.05, 3.63) is 46.2 Å². The van der Waals surface area contributed by atoms with E-state index in [4.69, 9.17) is 5.11 Å². The molecule has 2 aromatic heterocycles. The lowest BCUT2D eigenvalue weighted by molar-refractivity contribution is 0.0691. The maximum atomic E-state index is 10.8. The number of benzene rings is 1. The van der Waals surface area contributed by atoms with Gasteiger partial charge in [-0.15, -0.1) is 11.3 Å². The summed E-state index contributed by atoms with van der Waals surface area (Å²) < 4.78 is 2.04. The Kier molecular flexibility index (Phi) is 2.79. The lowest BCUT2D eigenvalue weighted by atomic mass is 10.3. The predicted octanol–water partition coefficient (Wildman–Crippen LogP) is 2.55. The van der Waals surface area contributed by atoms with E-state index >= 15 is 0 Å². The third-order valence-corrected chi connectivity index (χ3v) is 3.74. The highest BCUT2D eigenvalue weighted by molar-refractivity contribution is 7.09. The molecule has 5 nitrogen and oxygen atoms in total. The van der Waals surface area contributed by atoms with E-state index in [1.165, 1.54) is 11.3 Å². The first-order valence-corrected chi connectivity index (χ1v) is 6.62. The molecule has 0 saturated carbocycles. The maximum Gasteiger partial charge on any atom is 0.355 e. The summed E-state index contributed by atoms with van der Waals surface area (Å²) in [5.41, 5.74) is 2.07. The van der Waals surface area contributed by atoms with Crippen LogP contribution in [-0.2, 0) is 6.54 Å². The molecule has 0 bridgehead atoms. The van der Waals surface area contributed by atoms with E-state index in [1.54, 1.807) is 5.38 Å². The lowest BCUT2D eigenvalue weighted by Crippen LogP contribution is -2.03. The maximum absolute atomic E-state index is 10.8. The van der Waals surface area contributed by atoms with Crippen molar-refractivity contribution in [2.45, 2.75) is 13.5 Å². The van der Waals surface area contributed by atoms with Crippen LogP contribution in [0.3, 0.4) is 0 Å². The molecule has 2 heterocycles. The van der Waals surface area contributed by atoms with E-state index in [9.17, 15) is 4.79 Å². The molecular formula is C13H11N3O2S. The molecule has 0 saturated heterocycles. The van der Waals surface area contributed by atoms with Gasteiger partial charge in [0, 0.05) is 5.38 Å². The number of thiazole rings is 1. The van der Waals surface area contributed by atoms with Crippen LogP contribution in [-0.4, -0.2) is 25.6 Å². The lowest BCUT2D eigenvalue weighted by Gasteiger charge is -2.03. The first-order valence-electron chi connectivity index (χ1n) is 5.75. The fourth-order valence-electron chi connectivity index (χ4n) is 2.01. The zero-order valence-corrected chi connectivity index (χ0v) is 11.0. The van der Waals surface area contributed by atoms with Crippen LogP contribution in [0.1, 0.15) is 21.3 Å². The summed E-state index contributed by atoms with van der Waals surface area (Å²) in [4.78, 5) is 19.4. The third kappa shape index (κ3) is 2.10. The molecule has 0 aliphatic heterocycles. The van der Waals surface area contributed by atoms with E-state index in [-0.39, 0.29) is 5.69 Å². The van der Waals surface area contributed by atoms with Crippen LogP contribution in [0.5, 0.6) is 0 Å². The number of nitrogens with zero attached hydrogens (tertiary/aromatic N) is 3. The molecule has 1 N–H and O–H groups in total. The molecule has 3 rings (SSSR count). The van der Waals surface area contributed by atoms with Crippen molar-refractivity contribution in [3.63, 3.8) is 0 Å². The molecule has 0 amide bonds. The number of para-hydroxylation sites is 2. The molecular weight excluding hydrogens is 262 g/mol. The molecule has 0 spiro atoms. The average Bonchev–Trinajstić information content (AvgIpc) is 2.96. The number of fused-ring (bicyclic) bond motifs is 1. The van der Waals surface area contributed by atoms with Gasteiger partial charge in [-0.3, -0.25) is 0 Å². The number of imidazole rings is 1. The van der Waals surface area contributed by atoms with Gasteiger partial charge in [0.25, 0.3) is 0 Å². The van der Waals surface area contributed by atoms with Gasteiger partial charge in [0.15, 0.2) is 5.69 Å². The molecule has 0 atom stereocenters. The Bertz CT molecular complexity index is 760. The van der Waals surface area contributed by atoms with Gasteiger partial charge in [-0.25, -0.2) is 14.8 Å². The van der Waals surface area contributed by atoms with Crippen molar-refractivity contribution >= 4 is 28.3 Å². The van der Waals surface area contributed by atoms with Crippen LogP contribution in [0, 0.1) is 6.92 Å². The van der Waals surface area contributed by atoms with E-state index in [1.807, 2.05) is 35.8 Å². The highest BCUT2D eigenvalue weighted by Gasteiger charge is 2.12. The van der Waals surface area contributed by atoms with Crippen LogP contribution >= 0.6 is 11.3 Å². The number of aromatic nitrogens is 3. The summed E-state index contributed by atoms with van der Waals surface area (Å²) in [5, 5.41) is 11.2. The van der Waals surface area contributed by atoms with Crippen molar-refractivity contribution < 1.29 is 9.90 Å². The highest BCUT2D eigenvalue weighted by atomic mass is 32.1. The number of hydrogen-bond acceptors (Lipinski definition) is 4. The van der Waals surface area contributed by atoms with Gasteiger partial charge in [0.1, 0.15) is 10.8 Å². The van der Waals surface area contributed by atoms with Crippen LogP contribution in [0.4, 0.5) is 0 Å². The number of carbonyl (C=O) groups is 1. The van der Waals surface area contributed by atoms with Crippen LogP contribution in [0.25, 0.3) is 11.0 Å². The molecule has 19 heavy (non-hydrogen) atoms. The highest BCUT2D eigenvalue weighted by Crippen LogP contribution is 2.19. The number of carboxylic acids is 1. The standard InChI is InChI=1S/C13H11N3O2S/c1-8-14-9-4-2-3-5-11(9)16(8)6-12-15-10(7-19-12)13(17)18/h2-5,7H,6H2,1H3,(H,17,18). The van der Waals surface area contributed by atoms with E-state index in [0.717, 1.165) is 21.9 Å². The normalized spacial score (nSPS) is 11.0. The summed E-state index contributed by atoms with van der Waals surface area (Å²) in [6.45, 7) is 2.48. The SMILES string of the molecule is Cc1nc2ccccc2n1Cc1nc(C(=O)O)cs1. The van der Waals surface area contributed by atoms with Crippen LogP contribution in [0.2, 0.25) is 0 Å². The van der Waals surface area contributed by atoms with Crippen molar-refractivity contribution in [1.29, 1.82) is 0 Å². The molecule has 0 fully saturated rings. The van der Waals surface area contributed by atoms with Crippen molar-refractivity contribution in [3.8, 4) is 0 Å². The second-order valence-corrected chi connectivity index (χ2v) is 5.11. The fraction of sp³-hybridized carbons (Fsp3) is 0.154. The zero-order chi connectivity index (χ0) is 13.4. The smallest absolute Gasteiger partial charge is 0.355 e. The van der Waals surface area contributed by atoms with Gasteiger partial charge < -0.3 is 9.67 Å². The van der Waals surface area contributed by atoms with Crippen molar-refractivity contribution in [1.82, 2.24) is 14.5 Å². The fourth-order valence-corrected chi connectivity index (χ4v) is 2.77. The molecule has 0 aliphatic carbocycles. The Balaban J connectivity index is 2.00. The zero-order valence-electron chi connectivity index (χ0n) is 10.2. The summed E-state index contributed by atoms with van der Waals surface area (Å²) in [5.74, 6) is -0.0945. The monoisotopic (exact) mass is 273 g/mol. The van der Waals surface area contributed by atoms with E-state index in [0.29, 0.717) is 6.54 Å². The Hall–Kier alpha value is -2.21. The number of aromatic carboxylic acids is 1. The second kappa shape index (κ2) is 4.47. The van der Waals surface area contributed by atoms with Crippen LogP contribution in [0.15, 0.2) is 29.6 Å². The number of rotatable bonds is 3. The molecule has 96 valence electrons. The predicted molar refractivity (Wildman–Crippen MR) is 72.6 cm³/mol. The van der Waals surface area contributed by atoms with Gasteiger partial charge in [0.05, 0.1) is 17.6 Å². The Morgan fingerprint density at radius 2 is 2.16 bits per heavy atom. The largest absolute Gasteiger partial charge is 0.476 e. The topological polar surface area (TPSA) is 68.0 Å². The first-order chi connectivity index (χ1) is 9.15. The summed E-state index contributed by atoms with van der Waals surface area (Å²) >= 11 is 1.35. The van der Waals surface area contributed by atoms with Gasteiger partial charge >= 0.3 is 5.97 Å². The van der Waals surface area contributed by atoms with E-state index in [2.05, 4.69) is 9.97 Å². The Morgan fingerprint density at radius 3 is 2.89 bits per heavy atom. The summed E-state index contributed by atoms with van der Waals surface area (Å²) in [6, 6.07) is 7.87. The minimum absolute atomic E-state index is 0.0991. The second-order valence-electron chi connectivity index (χ2n) is 4.17. The minimum Gasteiger partial charge on any atom is -0.476 e. The Labute approximate surface area is 113 Å². The molecule has 0 radical (unpaired) electrons. The summed E-state index contributed by atoms with van der Waals surface area (Å²) in [6.07, 6.45) is 0. The van der Waals surface area contributed by atoms with E-state index < -0.39 is 5.97 Å².